The fourth-order valence-electron chi connectivity index (χ4n) is 2.27. The molecule has 0 fully saturated rings. The highest BCUT2D eigenvalue weighted by molar-refractivity contribution is 8.01. The van der Waals surface area contributed by atoms with E-state index in [2.05, 4.69) is 15.0 Å². The summed E-state index contributed by atoms with van der Waals surface area (Å²) < 4.78 is 18.9. The molecule has 1 amide bonds. The van der Waals surface area contributed by atoms with Crippen LogP contribution in [0, 0.1) is 5.82 Å². The fraction of sp³-hybridized carbons (Fsp3) is 0.105. The molecule has 144 valence electrons. The lowest BCUT2D eigenvalue weighted by molar-refractivity contribution is -0.113. The number of benzene rings is 2. The van der Waals surface area contributed by atoms with Crippen LogP contribution in [0.2, 0.25) is 5.02 Å². The first-order valence-electron chi connectivity index (χ1n) is 7.98. The van der Waals surface area contributed by atoms with E-state index in [-0.39, 0.29) is 17.2 Å². The molecule has 0 bridgehead atoms. The number of thioether (sulfide) groups is 1. The molecule has 0 aliphatic heterocycles. The van der Waals surface area contributed by atoms with Crippen molar-refractivity contribution in [3.63, 3.8) is 0 Å². The summed E-state index contributed by atoms with van der Waals surface area (Å²) >= 11 is 8.61. The lowest BCUT2D eigenvalue weighted by Gasteiger charge is -2.07. The number of methoxy groups -OCH3 is 1. The number of anilines is 1. The van der Waals surface area contributed by atoms with Crippen LogP contribution in [0.15, 0.2) is 52.2 Å². The van der Waals surface area contributed by atoms with E-state index in [0.29, 0.717) is 10.7 Å². The molecule has 0 unspecified atom stereocenters. The zero-order chi connectivity index (χ0) is 20.1. The Morgan fingerprint density at radius 2 is 2.00 bits per heavy atom. The Labute approximate surface area is 173 Å². The molecule has 1 aromatic heterocycles. The van der Waals surface area contributed by atoms with Crippen LogP contribution in [0.1, 0.15) is 10.4 Å². The fourth-order valence-corrected chi connectivity index (χ4v) is 4.03. The Hall–Kier alpha value is -2.42. The first-order chi connectivity index (χ1) is 13.5. The van der Waals surface area contributed by atoms with Crippen molar-refractivity contribution < 1.29 is 18.7 Å². The number of carbonyl (C=O) groups excluding carboxylic acids is 2. The number of hydrogen-bond donors (Lipinski definition) is 1. The molecular weight excluding hydrogens is 423 g/mol. The van der Waals surface area contributed by atoms with Crippen molar-refractivity contribution in [2.45, 2.75) is 4.34 Å². The van der Waals surface area contributed by atoms with Gasteiger partial charge in [-0.25, -0.2) is 14.2 Å². The van der Waals surface area contributed by atoms with Crippen LogP contribution >= 0.6 is 34.7 Å². The van der Waals surface area contributed by atoms with Crippen molar-refractivity contribution in [3.05, 3.63) is 64.2 Å². The van der Waals surface area contributed by atoms with Gasteiger partial charge in [0, 0.05) is 21.7 Å². The number of esters is 1. The molecule has 0 spiro atoms. The molecule has 0 aliphatic rings. The average molecular weight is 437 g/mol. The molecule has 0 radical (unpaired) electrons. The Kier molecular flexibility index (Phi) is 6.66. The van der Waals surface area contributed by atoms with Gasteiger partial charge in [-0.05, 0) is 30.3 Å². The summed E-state index contributed by atoms with van der Waals surface area (Å²) in [6.07, 6.45) is 0. The van der Waals surface area contributed by atoms with Crippen LogP contribution in [0.25, 0.3) is 11.3 Å². The maximum absolute atomic E-state index is 13.6. The monoisotopic (exact) mass is 436 g/mol. The third-order valence-corrected chi connectivity index (χ3v) is 5.88. The second-order valence-corrected chi connectivity index (χ2v) is 8.05. The third kappa shape index (κ3) is 5.09. The summed E-state index contributed by atoms with van der Waals surface area (Å²) in [4.78, 5) is 28.2. The van der Waals surface area contributed by atoms with Gasteiger partial charge < -0.3 is 10.1 Å². The molecule has 1 heterocycles. The van der Waals surface area contributed by atoms with Gasteiger partial charge in [0.05, 0.1) is 24.1 Å². The van der Waals surface area contributed by atoms with Crippen molar-refractivity contribution in [1.29, 1.82) is 0 Å². The number of rotatable bonds is 6. The van der Waals surface area contributed by atoms with Gasteiger partial charge in [0.15, 0.2) is 4.34 Å². The maximum Gasteiger partial charge on any atom is 0.340 e. The van der Waals surface area contributed by atoms with Crippen LogP contribution in [0.3, 0.4) is 0 Å². The van der Waals surface area contributed by atoms with Crippen LogP contribution in [0.4, 0.5) is 10.1 Å². The number of nitrogens with zero attached hydrogens (tertiary/aromatic N) is 1. The zero-order valence-corrected chi connectivity index (χ0v) is 17.0. The van der Waals surface area contributed by atoms with Crippen LogP contribution in [0.5, 0.6) is 0 Å². The summed E-state index contributed by atoms with van der Waals surface area (Å²) in [5.74, 6) is -1.69. The van der Waals surface area contributed by atoms with Gasteiger partial charge in [0.25, 0.3) is 0 Å². The van der Waals surface area contributed by atoms with Crippen molar-refractivity contribution >= 4 is 52.3 Å². The van der Waals surface area contributed by atoms with Gasteiger partial charge >= 0.3 is 5.97 Å². The van der Waals surface area contributed by atoms with Gasteiger partial charge in [0.1, 0.15) is 5.82 Å². The summed E-state index contributed by atoms with van der Waals surface area (Å²) in [5.41, 5.74) is 1.83. The summed E-state index contributed by atoms with van der Waals surface area (Å²) in [5, 5.41) is 5.19. The minimum absolute atomic E-state index is 0.124. The van der Waals surface area contributed by atoms with Gasteiger partial charge in [-0.1, -0.05) is 35.5 Å². The minimum atomic E-state index is -0.805. The minimum Gasteiger partial charge on any atom is -0.465 e. The second-order valence-electron chi connectivity index (χ2n) is 5.53. The van der Waals surface area contributed by atoms with Gasteiger partial charge in [-0.15, -0.1) is 11.3 Å². The predicted octanol–water partition coefficient (Wildman–Crippen LogP) is 5.12. The first-order valence-corrected chi connectivity index (χ1v) is 10.2. The Morgan fingerprint density at radius 1 is 1.25 bits per heavy atom. The van der Waals surface area contributed by atoms with Gasteiger partial charge in [-0.2, -0.15) is 0 Å². The number of hydrogen-bond acceptors (Lipinski definition) is 6. The molecule has 2 aromatic carbocycles. The highest BCUT2D eigenvalue weighted by atomic mass is 35.5. The number of thiazole rings is 1. The molecule has 0 saturated carbocycles. The van der Waals surface area contributed by atoms with E-state index in [1.54, 1.807) is 12.1 Å². The van der Waals surface area contributed by atoms with E-state index in [9.17, 15) is 14.0 Å². The topological polar surface area (TPSA) is 68.3 Å². The SMILES string of the molecule is COC(=O)c1cc(NC(=O)CSc2nc(-c3ccc(Cl)cc3)cs2)ccc1F. The number of ether oxygens (including phenoxy) is 1. The Balaban J connectivity index is 1.59. The molecule has 0 aliphatic carbocycles. The molecule has 3 aromatic rings. The third-order valence-electron chi connectivity index (χ3n) is 3.61. The van der Waals surface area contributed by atoms with Crippen molar-refractivity contribution in [1.82, 2.24) is 4.98 Å². The number of aromatic nitrogens is 1. The summed E-state index contributed by atoms with van der Waals surface area (Å²) in [7, 11) is 1.16. The molecule has 1 N–H and O–H groups in total. The highest BCUT2D eigenvalue weighted by Gasteiger charge is 2.14. The molecule has 28 heavy (non-hydrogen) atoms. The van der Waals surface area contributed by atoms with E-state index in [1.165, 1.54) is 35.2 Å². The smallest absolute Gasteiger partial charge is 0.340 e. The van der Waals surface area contributed by atoms with Crippen LogP contribution in [-0.4, -0.2) is 29.7 Å². The molecule has 5 nitrogen and oxygen atoms in total. The highest BCUT2D eigenvalue weighted by Crippen LogP contribution is 2.29. The van der Waals surface area contributed by atoms with Crippen molar-refractivity contribution in [2.24, 2.45) is 0 Å². The van der Waals surface area contributed by atoms with Gasteiger partial charge in [-0.3, -0.25) is 4.79 Å². The van der Waals surface area contributed by atoms with Crippen molar-refractivity contribution in [2.75, 3.05) is 18.2 Å². The van der Waals surface area contributed by atoms with Gasteiger partial charge in [0.2, 0.25) is 5.91 Å². The molecule has 0 saturated heterocycles. The van der Waals surface area contributed by atoms with E-state index in [0.717, 1.165) is 28.8 Å². The molecular formula is C19H14ClFN2O3S2. The number of carbonyl (C=O) groups is 2. The standard InChI is InChI=1S/C19H14ClFN2O3S2/c1-26-18(25)14-8-13(6-7-15(14)21)22-17(24)10-28-19-23-16(9-27-19)11-2-4-12(20)5-3-11/h2-9H,10H2,1H3,(H,22,24). The van der Waals surface area contributed by atoms with E-state index >= 15 is 0 Å². The maximum atomic E-state index is 13.6. The number of nitrogens with one attached hydrogen (secondary N) is 1. The molecule has 0 atom stereocenters. The second kappa shape index (κ2) is 9.18. The van der Waals surface area contributed by atoms with Crippen LogP contribution < -0.4 is 5.32 Å². The summed E-state index contributed by atoms with van der Waals surface area (Å²) in [6, 6.07) is 11.1. The van der Waals surface area contributed by atoms with E-state index in [1.807, 2.05) is 17.5 Å². The predicted molar refractivity (Wildman–Crippen MR) is 110 cm³/mol. The quantitative estimate of drug-likeness (QED) is 0.429. The van der Waals surface area contributed by atoms with E-state index in [4.69, 9.17) is 11.6 Å². The molecule has 9 heteroatoms. The Bertz CT molecular complexity index is 1010. The average Bonchev–Trinajstić information content (AvgIpc) is 3.17. The Morgan fingerprint density at radius 3 is 2.71 bits per heavy atom. The number of amides is 1. The zero-order valence-electron chi connectivity index (χ0n) is 14.6. The largest absolute Gasteiger partial charge is 0.465 e. The van der Waals surface area contributed by atoms with Crippen LogP contribution in [-0.2, 0) is 9.53 Å². The lowest BCUT2D eigenvalue weighted by Crippen LogP contribution is -2.15. The molecule has 3 rings (SSSR count). The first kappa shape index (κ1) is 20.3. The summed E-state index contributed by atoms with van der Waals surface area (Å²) in [6.45, 7) is 0. The lowest BCUT2D eigenvalue weighted by atomic mass is 10.2. The number of halogens is 2. The van der Waals surface area contributed by atoms with E-state index < -0.39 is 11.8 Å². The van der Waals surface area contributed by atoms with Crippen molar-refractivity contribution in [3.8, 4) is 11.3 Å². The normalized spacial score (nSPS) is 10.5.